The highest BCUT2D eigenvalue weighted by Gasteiger charge is 2.20. The van der Waals surface area contributed by atoms with Crippen molar-refractivity contribution in [2.75, 3.05) is 33.1 Å². The summed E-state index contributed by atoms with van der Waals surface area (Å²) in [5.41, 5.74) is 1.80. The number of carbonyl (C=O) groups is 3. The molecule has 2 N–H and O–H groups in total. The van der Waals surface area contributed by atoms with Crippen LogP contribution in [0, 0.1) is 0 Å². The van der Waals surface area contributed by atoms with Crippen LogP contribution in [0.1, 0.15) is 22.1 Å². The van der Waals surface area contributed by atoms with Gasteiger partial charge in [0.2, 0.25) is 0 Å². The van der Waals surface area contributed by atoms with Gasteiger partial charge in [-0.3, -0.25) is 14.5 Å². The quantitative estimate of drug-likeness (QED) is 0.587. The van der Waals surface area contributed by atoms with E-state index in [1.54, 1.807) is 0 Å². The first-order chi connectivity index (χ1) is 12.8. The number of likely N-dealkylation sites (N-methyl/N-ethyl adjacent to an activating group) is 1. The van der Waals surface area contributed by atoms with E-state index in [4.69, 9.17) is 0 Å². The van der Waals surface area contributed by atoms with Crippen molar-refractivity contribution in [3.05, 3.63) is 53.9 Å². The first-order valence-electron chi connectivity index (χ1n) is 8.38. The Balaban J connectivity index is 1.94. The van der Waals surface area contributed by atoms with Gasteiger partial charge in [-0.25, -0.2) is 4.79 Å². The number of esters is 1. The number of hydrogen-bond acceptors (Lipinski definition) is 5. The molecule has 0 fully saturated rings. The van der Waals surface area contributed by atoms with E-state index in [0.29, 0.717) is 17.8 Å². The van der Waals surface area contributed by atoms with E-state index in [1.165, 1.54) is 31.4 Å². The lowest BCUT2D eigenvalue weighted by Crippen LogP contribution is -2.40. The third-order valence-electron chi connectivity index (χ3n) is 4.17. The summed E-state index contributed by atoms with van der Waals surface area (Å²) in [4.78, 5) is 37.6. The second-order valence-electron chi connectivity index (χ2n) is 6.26. The number of anilines is 1. The zero-order valence-corrected chi connectivity index (χ0v) is 15.9. The maximum absolute atomic E-state index is 12.1. The third kappa shape index (κ3) is 5.18. The fraction of sp³-hybridized carbons (Fsp3) is 0.316. The van der Waals surface area contributed by atoms with Gasteiger partial charge in [-0.1, -0.05) is 0 Å². The zero-order chi connectivity index (χ0) is 20.0. The summed E-state index contributed by atoms with van der Waals surface area (Å²) >= 11 is 0. The number of aromatic nitrogens is 1. The molecule has 0 bridgehead atoms. The van der Waals surface area contributed by atoms with Crippen molar-refractivity contribution < 1.29 is 19.1 Å². The first-order valence-corrected chi connectivity index (χ1v) is 8.38. The monoisotopic (exact) mass is 372 g/mol. The lowest BCUT2D eigenvalue weighted by atomic mass is 10.2. The highest BCUT2D eigenvalue weighted by atomic mass is 16.5. The molecule has 0 spiro atoms. The van der Waals surface area contributed by atoms with Crippen LogP contribution in [0.4, 0.5) is 5.69 Å². The first kappa shape index (κ1) is 20.2. The summed E-state index contributed by atoms with van der Waals surface area (Å²) in [6.07, 6.45) is 1.93. The van der Waals surface area contributed by atoms with Gasteiger partial charge in [0.25, 0.3) is 0 Å². The van der Waals surface area contributed by atoms with Gasteiger partial charge in [0.1, 0.15) is 0 Å². The Bertz CT molecular complexity index is 811. The molecule has 0 radical (unpaired) electrons. The van der Waals surface area contributed by atoms with Crippen LogP contribution >= 0.6 is 0 Å². The second kappa shape index (κ2) is 9.00. The fourth-order valence-corrected chi connectivity index (χ4v) is 2.64. The number of nitrogens with zero attached hydrogens (tertiary/aromatic N) is 2. The van der Waals surface area contributed by atoms with Crippen LogP contribution in [0.5, 0.6) is 0 Å². The van der Waals surface area contributed by atoms with Crippen LogP contribution in [-0.4, -0.2) is 55.0 Å². The topological polar surface area (TPSA) is 92.7 Å². The predicted octanol–water partition coefficient (Wildman–Crippen LogP) is 1.17. The molecule has 0 unspecified atom stereocenters. The number of ether oxygens (including phenoxy) is 1. The van der Waals surface area contributed by atoms with Crippen LogP contribution in [0.25, 0.3) is 0 Å². The molecule has 2 amide bonds. The van der Waals surface area contributed by atoms with E-state index >= 15 is 0 Å². The van der Waals surface area contributed by atoms with E-state index < -0.39 is 17.8 Å². The van der Waals surface area contributed by atoms with Crippen molar-refractivity contribution in [3.63, 3.8) is 0 Å². The number of amides is 2. The Morgan fingerprint density at radius 3 is 2.30 bits per heavy atom. The summed E-state index contributed by atoms with van der Waals surface area (Å²) in [6, 6.07) is 9.92. The van der Waals surface area contributed by atoms with E-state index in [0.717, 1.165) is 5.69 Å². The molecule has 1 atom stereocenters. The van der Waals surface area contributed by atoms with Crippen molar-refractivity contribution in [1.82, 2.24) is 14.8 Å². The maximum atomic E-state index is 12.1. The number of hydrogen-bond donors (Lipinski definition) is 2. The normalized spacial score (nSPS) is 11.7. The fourth-order valence-electron chi connectivity index (χ4n) is 2.64. The summed E-state index contributed by atoms with van der Waals surface area (Å²) in [7, 11) is 7.04. The van der Waals surface area contributed by atoms with Crippen LogP contribution in [0.15, 0.2) is 42.6 Å². The largest absolute Gasteiger partial charge is 0.465 e. The molecule has 144 valence electrons. The molecular formula is C19H24N4O4. The van der Waals surface area contributed by atoms with Crippen LogP contribution < -0.4 is 10.6 Å². The molecule has 1 heterocycles. The van der Waals surface area contributed by atoms with Gasteiger partial charge in [0.15, 0.2) is 0 Å². The van der Waals surface area contributed by atoms with Crippen molar-refractivity contribution in [3.8, 4) is 0 Å². The van der Waals surface area contributed by atoms with E-state index in [9.17, 15) is 14.4 Å². The van der Waals surface area contributed by atoms with Gasteiger partial charge >= 0.3 is 17.8 Å². The molecule has 1 aromatic carbocycles. The van der Waals surface area contributed by atoms with Gasteiger partial charge in [-0.15, -0.1) is 0 Å². The number of methoxy groups -OCH3 is 1. The zero-order valence-electron chi connectivity index (χ0n) is 15.9. The SMILES string of the molecule is COC(=O)c1ccc(NC(=O)C(=O)NC[C@@H](c2cccn2C)N(C)C)cc1. The summed E-state index contributed by atoms with van der Waals surface area (Å²) in [5, 5.41) is 5.16. The molecule has 8 heteroatoms. The van der Waals surface area contributed by atoms with Crippen molar-refractivity contribution in [2.45, 2.75) is 6.04 Å². The number of aryl methyl sites for hydroxylation is 1. The molecule has 0 saturated carbocycles. The Morgan fingerprint density at radius 1 is 1.11 bits per heavy atom. The number of benzene rings is 1. The lowest BCUT2D eigenvalue weighted by molar-refractivity contribution is -0.136. The van der Waals surface area contributed by atoms with Crippen LogP contribution in [0.2, 0.25) is 0 Å². The molecule has 8 nitrogen and oxygen atoms in total. The van der Waals surface area contributed by atoms with E-state index in [1.807, 2.05) is 48.9 Å². The Kier molecular flexibility index (Phi) is 6.73. The Morgan fingerprint density at radius 2 is 1.78 bits per heavy atom. The van der Waals surface area contributed by atoms with Gasteiger partial charge in [0, 0.05) is 31.2 Å². The molecule has 0 aliphatic carbocycles. The molecule has 0 aliphatic rings. The summed E-state index contributed by atoms with van der Waals surface area (Å²) < 4.78 is 6.58. The lowest BCUT2D eigenvalue weighted by Gasteiger charge is -2.25. The molecular weight excluding hydrogens is 348 g/mol. The average Bonchev–Trinajstić information content (AvgIpc) is 3.07. The van der Waals surface area contributed by atoms with E-state index in [2.05, 4.69) is 15.4 Å². The predicted molar refractivity (Wildman–Crippen MR) is 101 cm³/mol. The minimum absolute atomic E-state index is 0.0684. The number of nitrogens with one attached hydrogen (secondary N) is 2. The highest BCUT2D eigenvalue weighted by molar-refractivity contribution is 6.39. The third-order valence-corrected chi connectivity index (χ3v) is 4.17. The second-order valence-corrected chi connectivity index (χ2v) is 6.26. The van der Waals surface area contributed by atoms with E-state index in [-0.39, 0.29) is 6.04 Å². The Labute approximate surface area is 158 Å². The Hall–Kier alpha value is -3.13. The average molecular weight is 372 g/mol. The standard InChI is InChI=1S/C19H24N4O4/c1-22(2)16(15-6-5-11-23(15)3)12-20-17(24)18(25)21-14-9-7-13(8-10-14)19(26)27-4/h5-11,16H,12H2,1-4H3,(H,20,24)(H,21,25)/t16-/m0/s1. The van der Waals surface area contributed by atoms with Gasteiger partial charge < -0.3 is 19.9 Å². The van der Waals surface area contributed by atoms with Crippen LogP contribution in [0.3, 0.4) is 0 Å². The number of rotatable bonds is 6. The van der Waals surface area contributed by atoms with Gasteiger partial charge in [-0.2, -0.15) is 0 Å². The highest BCUT2D eigenvalue weighted by Crippen LogP contribution is 2.17. The molecule has 0 saturated heterocycles. The van der Waals surface area contributed by atoms with Crippen molar-refractivity contribution in [1.29, 1.82) is 0 Å². The van der Waals surface area contributed by atoms with Gasteiger partial charge in [0.05, 0.1) is 18.7 Å². The molecule has 1 aromatic heterocycles. The minimum atomic E-state index is -0.773. The summed E-state index contributed by atoms with van der Waals surface area (Å²) in [5.74, 6) is -1.97. The maximum Gasteiger partial charge on any atom is 0.337 e. The van der Waals surface area contributed by atoms with Crippen molar-refractivity contribution in [2.24, 2.45) is 7.05 Å². The minimum Gasteiger partial charge on any atom is -0.465 e. The molecule has 2 rings (SSSR count). The van der Waals surface area contributed by atoms with Gasteiger partial charge in [-0.05, 0) is 50.5 Å². The molecule has 2 aromatic rings. The summed E-state index contributed by atoms with van der Waals surface area (Å²) in [6.45, 7) is 0.290. The van der Waals surface area contributed by atoms with Crippen molar-refractivity contribution >= 4 is 23.5 Å². The van der Waals surface area contributed by atoms with Crippen LogP contribution in [-0.2, 0) is 21.4 Å². The number of carbonyl (C=O) groups excluding carboxylic acids is 3. The smallest absolute Gasteiger partial charge is 0.337 e. The molecule has 27 heavy (non-hydrogen) atoms. The molecule has 0 aliphatic heterocycles.